The standard InChI is InChI=1S/C21H26N2O3/c1-15-9-7-8-12-22(15)20(24)14-26-21(25)19-13-16(2)23(17(19)3)18-10-5-4-6-11-18/h4-6,10-11,13,15H,7-9,12,14H2,1-3H3. The maximum atomic E-state index is 12.5. The molecule has 1 unspecified atom stereocenters. The number of hydrogen-bond acceptors (Lipinski definition) is 3. The Bertz CT molecular complexity index is 795. The number of amides is 1. The highest BCUT2D eigenvalue weighted by Gasteiger charge is 2.25. The van der Waals surface area contributed by atoms with E-state index in [1.807, 2.05) is 66.6 Å². The average molecular weight is 354 g/mol. The van der Waals surface area contributed by atoms with Crippen LogP contribution in [-0.2, 0) is 9.53 Å². The normalized spacial score (nSPS) is 17.2. The number of carbonyl (C=O) groups is 2. The summed E-state index contributed by atoms with van der Waals surface area (Å²) in [7, 11) is 0. The summed E-state index contributed by atoms with van der Waals surface area (Å²) >= 11 is 0. The number of ether oxygens (including phenoxy) is 1. The minimum Gasteiger partial charge on any atom is -0.452 e. The minimum absolute atomic E-state index is 0.109. The van der Waals surface area contributed by atoms with Crippen molar-refractivity contribution in [3.8, 4) is 5.69 Å². The Balaban J connectivity index is 1.70. The summed E-state index contributed by atoms with van der Waals surface area (Å²) in [6.07, 6.45) is 3.18. The molecule has 0 spiro atoms. The lowest BCUT2D eigenvalue weighted by atomic mass is 10.0. The first-order chi connectivity index (χ1) is 12.5. The van der Waals surface area contributed by atoms with Crippen LogP contribution in [0.15, 0.2) is 36.4 Å². The minimum atomic E-state index is -0.446. The van der Waals surface area contributed by atoms with Gasteiger partial charge < -0.3 is 14.2 Å². The number of aromatic nitrogens is 1. The molecule has 1 atom stereocenters. The number of likely N-dealkylation sites (tertiary alicyclic amines) is 1. The van der Waals surface area contributed by atoms with Crippen LogP contribution >= 0.6 is 0 Å². The first kappa shape index (κ1) is 18.2. The van der Waals surface area contributed by atoms with Gasteiger partial charge in [-0.3, -0.25) is 4.79 Å². The van der Waals surface area contributed by atoms with Crippen LogP contribution in [0.25, 0.3) is 5.69 Å². The van der Waals surface area contributed by atoms with E-state index in [0.29, 0.717) is 5.56 Å². The Morgan fingerprint density at radius 2 is 1.88 bits per heavy atom. The van der Waals surface area contributed by atoms with Crippen molar-refractivity contribution in [2.75, 3.05) is 13.2 Å². The average Bonchev–Trinajstić information content (AvgIpc) is 2.95. The predicted octanol–water partition coefficient (Wildman–Crippen LogP) is 3.65. The number of piperidine rings is 1. The van der Waals surface area contributed by atoms with Crippen LogP contribution < -0.4 is 0 Å². The number of carbonyl (C=O) groups excluding carboxylic acids is 2. The fourth-order valence-electron chi connectivity index (χ4n) is 3.70. The Morgan fingerprint density at radius 3 is 2.58 bits per heavy atom. The molecule has 3 rings (SSSR count). The molecule has 0 N–H and O–H groups in total. The van der Waals surface area contributed by atoms with Gasteiger partial charge >= 0.3 is 5.97 Å². The zero-order chi connectivity index (χ0) is 18.7. The summed E-state index contributed by atoms with van der Waals surface area (Å²) in [5.41, 5.74) is 3.28. The summed E-state index contributed by atoms with van der Waals surface area (Å²) in [6.45, 7) is 6.45. The molecule has 0 radical (unpaired) electrons. The largest absolute Gasteiger partial charge is 0.452 e. The van der Waals surface area contributed by atoms with Crippen LogP contribution in [0.3, 0.4) is 0 Å². The van der Waals surface area contributed by atoms with E-state index in [-0.39, 0.29) is 18.6 Å². The van der Waals surface area contributed by atoms with Crippen LogP contribution in [0.4, 0.5) is 0 Å². The van der Waals surface area contributed by atoms with Crippen molar-refractivity contribution in [2.45, 2.75) is 46.1 Å². The smallest absolute Gasteiger partial charge is 0.340 e. The Kier molecular flexibility index (Phi) is 5.45. The number of rotatable bonds is 4. The molecule has 2 aromatic rings. The van der Waals surface area contributed by atoms with Gasteiger partial charge in [-0.2, -0.15) is 0 Å². The Morgan fingerprint density at radius 1 is 1.15 bits per heavy atom. The molecule has 2 heterocycles. The summed E-state index contributed by atoms with van der Waals surface area (Å²) in [5.74, 6) is -0.555. The highest BCUT2D eigenvalue weighted by atomic mass is 16.5. The van der Waals surface area contributed by atoms with E-state index >= 15 is 0 Å². The SMILES string of the molecule is Cc1cc(C(=O)OCC(=O)N2CCCCC2C)c(C)n1-c1ccccc1. The molecule has 1 aliphatic rings. The van der Waals surface area contributed by atoms with Crippen LogP contribution in [0, 0.1) is 13.8 Å². The third-order valence-electron chi connectivity index (χ3n) is 5.12. The molecule has 0 aliphatic carbocycles. The van der Waals surface area contributed by atoms with E-state index in [1.165, 1.54) is 0 Å². The quantitative estimate of drug-likeness (QED) is 0.788. The van der Waals surface area contributed by atoms with Crippen LogP contribution in [0.1, 0.15) is 47.9 Å². The highest BCUT2D eigenvalue weighted by Crippen LogP contribution is 2.22. The van der Waals surface area contributed by atoms with Crippen molar-refractivity contribution >= 4 is 11.9 Å². The fourth-order valence-corrected chi connectivity index (χ4v) is 3.70. The first-order valence-electron chi connectivity index (χ1n) is 9.20. The number of aryl methyl sites for hydroxylation is 1. The summed E-state index contributed by atoms with van der Waals surface area (Å²) in [4.78, 5) is 26.7. The van der Waals surface area contributed by atoms with Crippen molar-refractivity contribution in [3.63, 3.8) is 0 Å². The maximum Gasteiger partial charge on any atom is 0.340 e. The zero-order valence-corrected chi connectivity index (χ0v) is 15.7. The molecule has 1 aromatic carbocycles. The number of hydrogen-bond donors (Lipinski definition) is 0. The first-order valence-corrected chi connectivity index (χ1v) is 9.20. The van der Waals surface area contributed by atoms with E-state index in [4.69, 9.17) is 4.74 Å². The molecule has 1 aromatic heterocycles. The van der Waals surface area contributed by atoms with Crippen molar-refractivity contribution in [1.82, 2.24) is 9.47 Å². The van der Waals surface area contributed by atoms with Gasteiger partial charge in [0.15, 0.2) is 6.61 Å². The van der Waals surface area contributed by atoms with Gasteiger partial charge in [0.1, 0.15) is 0 Å². The van der Waals surface area contributed by atoms with Gasteiger partial charge in [0.25, 0.3) is 5.91 Å². The van der Waals surface area contributed by atoms with E-state index in [1.54, 1.807) is 0 Å². The molecule has 138 valence electrons. The second kappa shape index (κ2) is 7.77. The van der Waals surface area contributed by atoms with Crippen LogP contribution in [-0.4, -0.2) is 40.5 Å². The molecule has 1 fully saturated rings. The topological polar surface area (TPSA) is 51.5 Å². The third kappa shape index (κ3) is 3.66. The van der Waals surface area contributed by atoms with Crippen molar-refractivity contribution in [1.29, 1.82) is 0 Å². The molecule has 1 aliphatic heterocycles. The molecule has 1 amide bonds. The van der Waals surface area contributed by atoms with Crippen LogP contribution in [0.2, 0.25) is 0 Å². The van der Waals surface area contributed by atoms with Crippen molar-refractivity contribution < 1.29 is 14.3 Å². The summed E-state index contributed by atoms with van der Waals surface area (Å²) in [6, 6.07) is 11.9. The van der Waals surface area contributed by atoms with Gasteiger partial charge in [0.05, 0.1) is 5.56 Å². The lowest BCUT2D eigenvalue weighted by Gasteiger charge is -2.33. The molecule has 1 saturated heterocycles. The second-order valence-corrected chi connectivity index (χ2v) is 6.96. The highest BCUT2D eigenvalue weighted by molar-refractivity contribution is 5.93. The Hall–Kier alpha value is -2.56. The van der Waals surface area contributed by atoms with E-state index < -0.39 is 5.97 Å². The van der Waals surface area contributed by atoms with Gasteiger partial charge in [0, 0.05) is 29.7 Å². The number of benzene rings is 1. The summed E-state index contributed by atoms with van der Waals surface area (Å²) in [5, 5.41) is 0. The molecule has 0 saturated carbocycles. The van der Waals surface area contributed by atoms with E-state index in [9.17, 15) is 9.59 Å². The lowest BCUT2D eigenvalue weighted by molar-refractivity contribution is -0.137. The summed E-state index contributed by atoms with van der Waals surface area (Å²) < 4.78 is 7.35. The molecule has 5 nitrogen and oxygen atoms in total. The van der Waals surface area contributed by atoms with Gasteiger partial charge in [-0.15, -0.1) is 0 Å². The zero-order valence-electron chi connectivity index (χ0n) is 15.7. The molecule has 26 heavy (non-hydrogen) atoms. The van der Waals surface area contributed by atoms with E-state index in [0.717, 1.165) is 42.9 Å². The van der Waals surface area contributed by atoms with Crippen LogP contribution in [0.5, 0.6) is 0 Å². The van der Waals surface area contributed by atoms with Crippen molar-refractivity contribution in [3.05, 3.63) is 53.3 Å². The molecule has 5 heteroatoms. The molecular weight excluding hydrogens is 328 g/mol. The van der Waals surface area contributed by atoms with Gasteiger partial charge in [-0.1, -0.05) is 18.2 Å². The number of nitrogens with zero attached hydrogens (tertiary/aromatic N) is 2. The van der Waals surface area contributed by atoms with Gasteiger partial charge in [0.2, 0.25) is 0 Å². The Labute approximate surface area is 154 Å². The fraction of sp³-hybridized carbons (Fsp3) is 0.429. The van der Waals surface area contributed by atoms with Gasteiger partial charge in [-0.25, -0.2) is 4.79 Å². The number of esters is 1. The lowest BCUT2D eigenvalue weighted by Crippen LogP contribution is -2.44. The monoisotopic (exact) mass is 354 g/mol. The third-order valence-corrected chi connectivity index (χ3v) is 5.12. The van der Waals surface area contributed by atoms with Gasteiger partial charge in [-0.05, 0) is 58.2 Å². The molecule has 0 bridgehead atoms. The van der Waals surface area contributed by atoms with Crippen molar-refractivity contribution in [2.24, 2.45) is 0 Å². The maximum absolute atomic E-state index is 12.5. The number of para-hydroxylation sites is 1. The van der Waals surface area contributed by atoms with E-state index in [2.05, 4.69) is 0 Å². The second-order valence-electron chi connectivity index (χ2n) is 6.96. The predicted molar refractivity (Wildman–Crippen MR) is 101 cm³/mol. The molecular formula is C21H26N2O3.